The van der Waals surface area contributed by atoms with Crippen LogP contribution in [0.5, 0.6) is 0 Å². The third-order valence-corrected chi connectivity index (χ3v) is 9.87. The Morgan fingerprint density at radius 2 is 1.78 bits per heavy atom. The molecule has 172 valence electrons. The minimum absolute atomic E-state index is 0. The first-order valence-corrected chi connectivity index (χ1v) is 13.8. The molecule has 0 spiro atoms. The molecule has 1 atom stereocenters. The van der Waals surface area contributed by atoms with Crippen molar-refractivity contribution < 1.29 is 31.4 Å². The number of halogens is 1. The SMILES string of the molecule is O=C(N[C@H]1C[N+]2(CCCc3ccsc3)CCC1CC2)C(O)(c1cccs1)c1cccs1.[Br-]. The summed E-state index contributed by atoms with van der Waals surface area (Å²) in [5.41, 5.74) is -0.157. The quantitative estimate of drug-likeness (QED) is 0.416. The monoisotopic (exact) mass is 552 g/mol. The van der Waals surface area contributed by atoms with Gasteiger partial charge in [-0.05, 0) is 57.6 Å². The van der Waals surface area contributed by atoms with E-state index in [0.717, 1.165) is 17.4 Å². The maximum absolute atomic E-state index is 13.5. The summed E-state index contributed by atoms with van der Waals surface area (Å²) in [7, 11) is 0. The van der Waals surface area contributed by atoms with Gasteiger partial charge in [0.05, 0.1) is 42.0 Å². The van der Waals surface area contributed by atoms with Crippen LogP contribution in [0, 0.1) is 5.92 Å². The fourth-order valence-corrected chi connectivity index (χ4v) is 7.84. The Morgan fingerprint density at radius 3 is 2.34 bits per heavy atom. The van der Waals surface area contributed by atoms with Crippen molar-refractivity contribution in [1.82, 2.24) is 5.32 Å². The lowest BCUT2D eigenvalue weighted by molar-refractivity contribution is -0.944. The second kappa shape index (κ2) is 10.1. The highest BCUT2D eigenvalue weighted by atomic mass is 79.9. The average molecular weight is 554 g/mol. The summed E-state index contributed by atoms with van der Waals surface area (Å²) in [5, 5.41) is 23.2. The number of carbonyl (C=O) groups excluding carboxylic acids is 1. The van der Waals surface area contributed by atoms with Crippen LogP contribution in [0.2, 0.25) is 0 Å². The number of amides is 1. The van der Waals surface area contributed by atoms with E-state index in [1.165, 1.54) is 67.1 Å². The fraction of sp³-hybridized carbons (Fsp3) is 0.458. The van der Waals surface area contributed by atoms with Crippen LogP contribution in [0.25, 0.3) is 0 Å². The van der Waals surface area contributed by atoms with Gasteiger partial charge in [0.25, 0.3) is 5.91 Å². The first kappa shape index (κ1) is 24.1. The van der Waals surface area contributed by atoms with Crippen LogP contribution in [-0.4, -0.2) is 47.7 Å². The molecule has 4 nitrogen and oxygen atoms in total. The van der Waals surface area contributed by atoms with Crippen LogP contribution in [0.1, 0.15) is 34.6 Å². The van der Waals surface area contributed by atoms with Crippen molar-refractivity contribution in [2.45, 2.75) is 37.3 Å². The molecule has 1 amide bonds. The molecule has 3 aliphatic heterocycles. The topological polar surface area (TPSA) is 49.3 Å². The molecule has 0 radical (unpaired) electrons. The zero-order chi connectivity index (χ0) is 21.3. The number of fused-ring (bicyclic) bond motifs is 3. The molecule has 3 saturated heterocycles. The Labute approximate surface area is 212 Å². The van der Waals surface area contributed by atoms with Gasteiger partial charge in [0.2, 0.25) is 5.60 Å². The molecule has 0 unspecified atom stereocenters. The van der Waals surface area contributed by atoms with E-state index < -0.39 is 5.60 Å². The minimum Gasteiger partial charge on any atom is -1.00 e. The van der Waals surface area contributed by atoms with Crippen molar-refractivity contribution in [3.8, 4) is 0 Å². The van der Waals surface area contributed by atoms with Crippen molar-refractivity contribution in [2.75, 3.05) is 26.2 Å². The van der Waals surface area contributed by atoms with Crippen LogP contribution in [0.3, 0.4) is 0 Å². The number of piperidine rings is 3. The van der Waals surface area contributed by atoms with E-state index in [1.54, 1.807) is 11.3 Å². The van der Waals surface area contributed by atoms with E-state index in [1.807, 2.05) is 35.0 Å². The van der Waals surface area contributed by atoms with Crippen LogP contribution in [0.15, 0.2) is 51.9 Å². The highest BCUT2D eigenvalue weighted by Gasteiger charge is 2.49. The highest BCUT2D eigenvalue weighted by Crippen LogP contribution is 2.38. The van der Waals surface area contributed by atoms with Gasteiger partial charge in [0.1, 0.15) is 0 Å². The molecule has 3 aliphatic rings. The molecule has 6 heterocycles. The largest absolute Gasteiger partial charge is 1.00 e. The lowest BCUT2D eigenvalue weighted by atomic mass is 9.81. The molecule has 3 aromatic rings. The number of nitrogens with zero attached hydrogens (tertiary/aromatic N) is 1. The van der Waals surface area contributed by atoms with Crippen LogP contribution < -0.4 is 22.3 Å². The standard InChI is InChI=1S/C24H28N2O2S3.BrH/c27-23(24(28,21-5-2-13-30-21)22-6-3-14-31-22)25-20-16-26(11-7-19(20)8-12-26)10-1-4-18-9-15-29-17-18;/h2-3,5-6,9,13-15,17,19-20,28H,1,4,7-8,10-12,16H2;1H/t19?,20-,26?;/m0./s1. The predicted molar refractivity (Wildman–Crippen MR) is 129 cm³/mol. The lowest BCUT2D eigenvalue weighted by Crippen LogP contribution is -3.00. The number of thiophene rings is 3. The maximum atomic E-state index is 13.5. The fourth-order valence-electron chi connectivity index (χ4n) is 5.41. The molecular weight excluding hydrogens is 524 g/mol. The van der Waals surface area contributed by atoms with E-state index in [9.17, 15) is 9.90 Å². The number of hydrogen-bond acceptors (Lipinski definition) is 5. The van der Waals surface area contributed by atoms with Crippen LogP contribution >= 0.6 is 34.0 Å². The zero-order valence-electron chi connectivity index (χ0n) is 17.9. The number of hydrogen-bond donors (Lipinski definition) is 2. The third kappa shape index (κ3) is 4.63. The van der Waals surface area contributed by atoms with Gasteiger partial charge in [-0.3, -0.25) is 4.79 Å². The molecule has 0 aliphatic carbocycles. The summed E-state index contributed by atoms with van der Waals surface area (Å²) in [4.78, 5) is 14.9. The van der Waals surface area contributed by atoms with Crippen molar-refractivity contribution in [2.24, 2.45) is 5.92 Å². The average Bonchev–Trinajstić information content (AvgIpc) is 3.58. The number of nitrogens with one attached hydrogen (secondary N) is 1. The first-order valence-electron chi connectivity index (χ1n) is 11.1. The van der Waals surface area contributed by atoms with Gasteiger partial charge < -0.3 is 31.9 Å². The van der Waals surface area contributed by atoms with Gasteiger partial charge in [0, 0.05) is 19.3 Å². The Morgan fingerprint density at radius 1 is 1.09 bits per heavy atom. The van der Waals surface area contributed by atoms with E-state index in [-0.39, 0.29) is 28.9 Å². The predicted octanol–water partition coefficient (Wildman–Crippen LogP) is 1.47. The minimum atomic E-state index is -1.60. The summed E-state index contributed by atoms with van der Waals surface area (Å²) in [6, 6.07) is 9.88. The third-order valence-electron chi connectivity index (χ3n) is 7.18. The normalized spacial score (nSPS) is 24.8. The number of aryl methyl sites for hydroxylation is 1. The van der Waals surface area contributed by atoms with Gasteiger partial charge in [-0.1, -0.05) is 12.1 Å². The summed E-state index contributed by atoms with van der Waals surface area (Å²) < 4.78 is 1.11. The summed E-state index contributed by atoms with van der Waals surface area (Å²) >= 11 is 4.64. The molecule has 8 heteroatoms. The zero-order valence-corrected chi connectivity index (χ0v) is 21.9. The second-order valence-electron chi connectivity index (χ2n) is 9.01. The number of carbonyl (C=O) groups is 1. The number of aliphatic hydroxyl groups is 1. The Balaban J connectivity index is 0.00000245. The van der Waals surface area contributed by atoms with E-state index in [4.69, 9.17) is 0 Å². The first-order chi connectivity index (χ1) is 15.1. The van der Waals surface area contributed by atoms with Gasteiger partial charge in [-0.2, -0.15) is 11.3 Å². The number of quaternary nitrogens is 1. The van der Waals surface area contributed by atoms with Crippen molar-refractivity contribution in [3.05, 3.63) is 67.2 Å². The van der Waals surface area contributed by atoms with Crippen molar-refractivity contribution >= 4 is 39.9 Å². The van der Waals surface area contributed by atoms with Crippen molar-refractivity contribution in [3.63, 3.8) is 0 Å². The second-order valence-corrected chi connectivity index (χ2v) is 11.7. The van der Waals surface area contributed by atoms with Gasteiger partial charge in [-0.25, -0.2) is 0 Å². The van der Waals surface area contributed by atoms with Crippen molar-refractivity contribution in [1.29, 1.82) is 0 Å². The summed E-state index contributed by atoms with van der Waals surface area (Å²) in [5.74, 6) is 0.254. The van der Waals surface area contributed by atoms with Gasteiger partial charge >= 0.3 is 0 Å². The Kier molecular flexibility index (Phi) is 7.59. The molecule has 3 fully saturated rings. The Bertz CT molecular complexity index is 947. The molecule has 32 heavy (non-hydrogen) atoms. The molecule has 0 aromatic carbocycles. The molecule has 0 saturated carbocycles. The summed E-state index contributed by atoms with van der Waals surface area (Å²) in [6.45, 7) is 4.61. The molecule has 3 aromatic heterocycles. The highest BCUT2D eigenvalue weighted by molar-refractivity contribution is 7.12. The molecule has 2 bridgehead atoms. The molecule has 2 N–H and O–H groups in total. The van der Waals surface area contributed by atoms with E-state index in [2.05, 4.69) is 22.1 Å². The van der Waals surface area contributed by atoms with E-state index in [0.29, 0.717) is 15.7 Å². The smallest absolute Gasteiger partial charge is 0.263 e. The summed E-state index contributed by atoms with van der Waals surface area (Å²) in [6.07, 6.45) is 4.66. The van der Waals surface area contributed by atoms with Crippen LogP contribution in [0.4, 0.5) is 0 Å². The van der Waals surface area contributed by atoms with Crippen LogP contribution in [-0.2, 0) is 16.8 Å². The molecule has 6 rings (SSSR count). The Hall–Kier alpha value is -1.03. The maximum Gasteiger partial charge on any atom is 0.263 e. The van der Waals surface area contributed by atoms with Gasteiger partial charge in [-0.15, -0.1) is 22.7 Å². The van der Waals surface area contributed by atoms with Gasteiger partial charge in [0.15, 0.2) is 0 Å². The molecular formula is C24H29BrN2O2S3. The number of rotatable bonds is 8. The van der Waals surface area contributed by atoms with E-state index >= 15 is 0 Å². The lowest BCUT2D eigenvalue weighted by Gasteiger charge is -2.53.